The molecular formula is C29H33FN2O4. The van der Waals surface area contributed by atoms with E-state index in [1.54, 1.807) is 6.07 Å². The van der Waals surface area contributed by atoms with Gasteiger partial charge in [0.1, 0.15) is 18.2 Å². The van der Waals surface area contributed by atoms with Crippen LogP contribution in [0.1, 0.15) is 42.5 Å². The Morgan fingerprint density at radius 2 is 1.81 bits per heavy atom. The first-order chi connectivity index (χ1) is 17.6. The highest BCUT2D eigenvalue weighted by molar-refractivity contribution is 5.86. The van der Waals surface area contributed by atoms with Gasteiger partial charge in [0.05, 0.1) is 23.9 Å². The molecule has 0 saturated carbocycles. The number of hydrogen-bond acceptors (Lipinski definition) is 5. The van der Waals surface area contributed by atoms with Crippen molar-refractivity contribution >= 4 is 16.8 Å². The highest BCUT2D eigenvalue weighted by Gasteiger charge is 2.30. The van der Waals surface area contributed by atoms with Crippen LogP contribution in [0.4, 0.5) is 4.39 Å². The van der Waals surface area contributed by atoms with E-state index in [4.69, 9.17) is 19.2 Å². The Morgan fingerprint density at radius 3 is 2.56 bits per heavy atom. The summed E-state index contributed by atoms with van der Waals surface area (Å²) in [7, 11) is 0. The van der Waals surface area contributed by atoms with Crippen molar-refractivity contribution in [3.05, 3.63) is 71.2 Å². The summed E-state index contributed by atoms with van der Waals surface area (Å²) in [5.74, 6) is 0.675. The van der Waals surface area contributed by atoms with Gasteiger partial charge in [-0.05, 0) is 56.4 Å². The van der Waals surface area contributed by atoms with Gasteiger partial charge in [0, 0.05) is 43.2 Å². The molecule has 190 valence electrons. The second-order valence-corrected chi connectivity index (χ2v) is 9.67. The number of amides is 1. The molecule has 36 heavy (non-hydrogen) atoms. The van der Waals surface area contributed by atoms with Crippen molar-refractivity contribution in [1.82, 2.24) is 9.88 Å². The lowest BCUT2D eigenvalue weighted by Crippen LogP contribution is -2.44. The first-order valence-electron chi connectivity index (χ1n) is 12.8. The number of likely N-dealkylation sites (tertiary alicyclic amines) is 1. The highest BCUT2D eigenvalue weighted by atomic mass is 19.1. The minimum Gasteiger partial charge on any atom is -0.488 e. The molecule has 6 nitrogen and oxygen atoms in total. The van der Waals surface area contributed by atoms with Crippen LogP contribution in [0.25, 0.3) is 10.9 Å². The molecule has 7 heteroatoms. The van der Waals surface area contributed by atoms with E-state index >= 15 is 0 Å². The lowest BCUT2D eigenvalue weighted by Gasteiger charge is -2.35. The second kappa shape index (κ2) is 11.4. The number of hydrogen-bond donors (Lipinski definition) is 0. The van der Waals surface area contributed by atoms with E-state index in [-0.39, 0.29) is 23.7 Å². The summed E-state index contributed by atoms with van der Waals surface area (Å²) in [6.07, 6.45) is 3.33. The summed E-state index contributed by atoms with van der Waals surface area (Å²) in [4.78, 5) is 19.6. The summed E-state index contributed by atoms with van der Waals surface area (Å²) < 4.78 is 31.9. The Hall–Kier alpha value is -3.03. The highest BCUT2D eigenvalue weighted by Crippen LogP contribution is 2.32. The predicted octanol–water partition coefficient (Wildman–Crippen LogP) is 5.20. The molecule has 0 radical (unpaired) electrons. The number of carbonyl (C=O) groups is 1. The van der Waals surface area contributed by atoms with Gasteiger partial charge in [-0.3, -0.25) is 4.79 Å². The molecule has 5 rings (SSSR count). The molecule has 0 atom stereocenters. The molecule has 2 fully saturated rings. The van der Waals surface area contributed by atoms with Crippen molar-refractivity contribution in [1.29, 1.82) is 0 Å². The zero-order valence-corrected chi connectivity index (χ0v) is 20.7. The third-order valence-electron chi connectivity index (χ3n) is 7.24. The van der Waals surface area contributed by atoms with Gasteiger partial charge in [-0.2, -0.15) is 0 Å². The van der Waals surface area contributed by atoms with Crippen molar-refractivity contribution in [2.24, 2.45) is 5.92 Å². The van der Waals surface area contributed by atoms with Gasteiger partial charge in [-0.15, -0.1) is 0 Å². The Kier molecular flexibility index (Phi) is 7.78. The molecular weight excluding hydrogens is 459 g/mol. The van der Waals surface area contributed by atoms with Gasteiger partial charge in [-0.1, -0.05) is 30.3 Å². The van der Waals surface area contributed by atoms with Gasteiger partial charge >= 0.3 is 0 Å². The molecule has 0 aliphatic carbocycles. The van der Waals surface area contributed by atoms with Crippen LogP contribution in [-0.4, -0.2) is 48.2 Å². The molecule has 0 spiro atoms. The molecule has 3 heterocycles. The largest absolute Gasteiger partial charge is 0.488 e. The van der Waals surface area contributed by atoms with Crippen LogP contribution in [0.2, 0.25) is 0 Å². The standard InChI is InChI=1S/C29H33FN2O4/c1-20-27(19-35-24-9-13-32(14-10-24)29(33)22-11-15-34-16-12-22)31-26-8-7-23(30)17-25(26)28(20)36-18-21-5-3-2-4-6-21/h2-8,17,22,24H,9-16,18-19H2,1H3. The number of halogens is 1. The van der Waals surface area contributed by atoms with E-state index in [9.17, 15) is 9.18 Å². The van der Waals surface area contributed by atoms with Crippen LogP contribution in [-0.2, 0) is 27.5 Å². The van der Waals surface area contributed by atoms with E-state index in [1.165, 1.54) is 12.1 Å². The van der Waals surface area contributed by atoms with Gasteiger partial charge in [0.15, 0.2) is 0 Å². The number of aromatic nitrogens is 1. The summed E-state index contributed by atoms with van der Waals surface area (Å²) in [5, 5.41) is 0.659. The van der Waals surface area contributed by atoms with Crippen LogP contribution < -0.4 is 4.74 Å². The quantitative estimate of drug-likeness (QED) is 0.454. The predicted molar refractivity (Wildman–Crippen MR) is 135 cm³/mol. The first kappa shape index (κ1) is 24.7. The fourth-order valence-corrected chi connectivity index (χ4v) is 5.05. The maximum absolute atomic E-state index is 14.1. The maximum atomic E-state index is 14.1. The summed E-state index contributed by atoms with van der Waals surface area (Å²) in [5.41, 5.74) is 3.37. The monoisotopic (exact) mass is 492 g/mol. The number of fused-ring (bicyclic) bond motifs is 1. The maximum Gasteiger partial charge on any atom is 0.225 e. The molecule has 2 aliphatic heterocycles. The Bertz CT molecular complexity index is 1190. The number of benzene rings is 2. The molecule has 0 unspecified atom stereocenters. The zero-order chi connectivity index (χ0) is 24.9. The van der Waals surface area contributed by atoms with E-state index in [0.29, 0.717) is 43.1 Å². The minimum absolute atomic E-state index is 0.0718. The van der Waals surface area contributed by atoms with Crippen molar-refractivity contribution < 1.29 is 23.4 Å². The van der Waals surface area contributed by atoms with Crippen molar-refractivity contribution in [3.8, 4) is 5.75 Å². The average Bonchev–Trinajstić information content (AvgIpc) is 2.92. The van der Waals surface area contributed by atoms with E-state index < -0.39 is 0 Å². The first-order valence-corrected chi connectivity index (χ1v) is 12.8. The number of piperidine rings is 1. The van der Waals surface area contributed by atoms with Crippen LogP contribution in [0.15, 0.2) is 48.5 Å². The summed E-state index contributed by atoms with van der Waals surface area (Å²) >= 11 is 0. The topological polar surface area (TPSA) is 60.9 Å². The van der Waals surface area contributed by atoms with Crippen LogP contribution in [0.3, 0.4) is 0 Å². The number of pyridine rings is 1. The molecule has 0 N–H and O–H groups in total. The third kappa shape index (κ3) is 5.68. The Balaban J connectivity index is 1.25. The van der Waals surface area contributed by atoms with Crippen LogP contribution in [0, 0.1) is 18.7 Å². The normalized spacial score (nSPS) is 17.4. The molecule has 0 bridgehead atoms. The zero-order valence-electron chi connectivity index (χ0n) is 20.7. The van der Waals surface area contributed by atoms with Crippen LogP contribution >= 0.6 is 0 Å². The lowest BCUT2D eigenvalue weighted by atomic mass is 9.97. The molecule has 1 amide bonds. The van der Waals surface area contributed by atoms with Gasteiger partial charge in [0.25, 0.3) is 0 Å². The average molecular weight is 493 g/mol. The molecule has 2 saturated heterocycles. The lowest BCUT2D eigenvalue weighted by molar-refractivity contribution is -0.141. The molecule has 2 aliphatic rings. The van der Waals surface area contributed by atoms with Crippen molar-refractivity contribution in [2.75, 3.05) is 26.3 Å². The van der Waals surface area contributed by atoms with Gasteiger partial charge < -0.3 is 19.1 Å². The van der Waals surface area contributed by atoms with E-state index in [2.05, 4.69) is 0 Å². The molecule has 1 aromatic heterocycles. The molecule has 3 aromatic rings. The Morgan fingerprint density at radius 1 is 1.06 bits per heavy atom. The SMILES string of the molecule is Cc1c(COC2CCN(C(=O)C3CCOCC3)CC2)nc2ccc(F)cc2c1OCc1ccccc1. The number of rotatable bonds is 7. The number of nitrogens with zero attached hydrogens (tertiary/aromatic N) is 2. The van der Waals surface area contributed by atoms with E-state index in [0.717, 1.165) is 55.6 Å². The van der Waals surface area contributed by atoms with Crippen LogP contribution in [0.5, 0.6) is 5.75 Å². The third-order valence-corrected chi connectivity index (χ3v) is 7.24. The second-order valence-electron chi connectivity index (χ2n) is 9.67. The fourth-order valence-electron chi connectivity index (χ4n) is 5.05. The minimum atomic E-state index is -0.320. The summed E-state index contributed by atoms with van der Waals surface area (Å²) in [6, 6.07) is 14.5. The van der Waals surface area contributed by atoms with Crippen molar-refractivity contribution in [2.45, 2.75) is 51.9 Å². The number of carbonyl (C=O) groups excluding carboxylic acids is 1. The van der Waals surface area contributed by atoms with Gasteiger partial charge in [0.2, 0.25) is 5.91 Å². The Labute approximate surface area is 211 Å². The smallest absolute Gasteiger partial charge is 0.225 e. The fraction of sp³-hybridized carbons (Fsp3) is 0.448. The van der Waals surface area contributed by atoms with Gasteiger partial charge in [-0.25, -0.2) is 9.37 Å². The summed E-state index contributed by atoms with van der Waals surface area (Å²) in [6.45, 7) is 5.48. The van der Waals surface area contributed by atoms with Crippen molar-refractivity contribution in [3.63, 3.8) is 0 Å². The molecule has 2 aromatic carbocycles. The number of ether oxygens (including phenoxy) is 3. The van der Waals surface area contributed by atoms with E-state index in [1.807, 2.05) is 42.2 Å².